The van der Waals surface area contributed by atoms with Crippen molar-refractivity contribution in [2.24, 2.45) is 5.84 Å². The van der Waals surface area contributed by atoms with Crippen LogP contribution in [0.5, 0.6) is 0 Å². The lowest BCUT2D eigenvalue weighted by Crippen LogP contribution is -2.13. The molecule has 2 aromatic rings. The number of halogens is 1. The number of aryl methyl sites for hydroxylation is 1. The number of nitrogens with one attached hydrogen (secondary N) is 2. The van der Waals surface area contributed by atoms with Gasteiger partial charge in [0.2, 0.25) is 0 Å². The zero-order valence-corrected chi connectivity index (χ0v) is 11.3. The Morgan fingerprint density at radius 1 is 1.29 bits per heavy atom. The largest absolute Gasteiger partial charge is 0.324 e. The molecule has 2 rings (SSSR count). The quantitative estimate of drug-likeness (QED) is 0.596. The standard InChI is InChI=1S/C15H13FN4O/c1-9-6-10(2-5-14(9)20-18)15(21)19-12-3-4-13(16)11(7-12)8-17/h2-7,20H,18H2,1H3,(H,19,21). The lowest BCUT2D eigenvalue weighted by molar-refractivity contribution is 0.102. The normalized spacial score (nSPS) is 9.81. The van der Waals surface area contributed by atoms with E-state index in [1.165, 1.54) is 12.1 Å². The van der Waals surface area contributed by atoms with Gasteiger partial charge in [0.05, 0.1) is 11.3 Å². The van der Waals surface area contributed by atoms with Crippen molar-refractivity contribution >= 4 is 17.3 Å². The highest BCUT2D eigenvalue weighted by molar-refractivity contribution is 6.04. The minimum absolute atomic E-state index is 0.119. The zero-order chi connectivity index (χ0) is 15.4. The molecule has 0 unspecified atom stereocenters. The van der Waals surface area contributed by atoms with Crippen LogP contribution in [0.15, 0.2) is 36.4 Å². The van der Waals surface area contributed by atoms with Crippen LogP contribution in [0.4, 0.5) is 15.8 Å². The Balaban J connectivity index is 2.22. The number of amides is 1. The molecule has 106 valence electrons. The van der Waals surface area contributed by atoms with Crippen LogP contribution in [0.1, 0.15) is 21.5 Å². The molecule has 0 aliphatic carbocycles. The van der Waals surface area contributed by atoms with Gasteiger partial charge in [-0.15, -0.1) is 0 Å². The molecule has 0 aromatic heterocycles. The Kier molecular flexibility index (Phi) is 4.16. The molecule has 1 amide bonds. The number of hydrogen-bond donors (Lipinski definition) is 3. The highest BCUT2D eigenvalue weighted by Crippen LogP contribution is 2.18. The summed E-state index contributed by atoms with van der Waals surface area (Å²) in [6.45, 7) is 1.82. The van der Waals surface area contributed by atoms with Crippen LogP contribution in [0, 0.1) is 24.1 Å². The predicted molar refractivity (Wildman–Crippen MR) is 78.1 cm³/mol. The number of nitriles is 1. The average molecular weight is 284 g/mol. The number of carbonyl (C=O) groups excluding carboxylic acids is 1. The SMILES string of the molecule is Cc1cc(C(=O)Nc2ccc(F)c(C#N)c2)ccc1NN. The van der Waals surface area contributed by atoms with Crippen LogP contribution < -0.4 is 16.6 Å². The summed E-state index contributed by atoms with van der Waals surface area (Å²) < 4.78 is 13.2. The maximum Gasteiger partial charge on any atom is 0.255 e. The second-order valence-electron chi connectivity index (χ2n) is 4.43. The van der Waals surface area contributed by atoms with Gasteiger partial charge in [-0.3, -0.25) is 10.6 Å². The van der Waals surface area contributed by atoms with Gasteiger partial charge in [-0.25, -0.2) is 4.39 Å². The summed E-state index contributed by atoms with van der Waals surface area (Å²) in [4.78, 5) is 12.1. The van der Waals surface area contributed by atoms with E-state index < -0.39 is 5.82 Å². The van der Waals surface area contributed by atoms with Gasteiger partial charge in [0.15, 0.2) is 0 Å². The van der Waals surface area contributed by atoms with Crippen molar-refractivity contribution in [2.45, 2.75) is 6.92 Å². The zero-order valence-electron chi connectivity index (χ0n) is 11.3. The Bertz CT molecular complexity index is 737. The summed E-state index contributed by atoms with van der Waals surface area (Å²) in [6, 6.07) is 10.5. The van der Waals surface area contributed by atoms with Gasteiger partial charge in [0.1, 0.15) is 11.9 Å². The van der Waals surface area contributed by atoms with E-state index in [0.29, 0.717) is 11.3 Å². The maximum atomic E-state index is 13.2. The second kappa shape index (κ2) is 6.03. The molecule has 0 radical (unpaired) electrons. The lowest BCUT2D eigenvalue weighted by atomic mass is 10.1. The van der Waals surface area contributed by atoms with E-state index in [1.54, 1.807) is 24.3 Å². The van der Waals surface area contributed by atoms with Crippen LogP contribution in [0.3, 0.4) is 0 Å². The lowest BCUT2D eigenvalue weighted by Gasteiger charge is -2.09. The van der Waals surface area contributed by atoms with Crippen molar-refractivity contribution < 1.29 is 9.18 Å². The predicted octanol–water partition coefficient (Wildman–Crippen LogP) is 2.54. The highest BCUT2D eigenvalue weighted by Gasteiger charge is 2.09. The number of anilines is 2. The summed E-state index contributed by atoms with van der Waals surface area (Å²) in [5, 5.41) is 11.4. The van der Waals surface area contributed by atoms with Gasteiger partial charge in [-0.1, -0.05) is 0 Å². The summed E-state index contributed by atoms with van der Waals surface area (Å²) in [6.07, 6.45) is 0. The number of nitrogens with zero attached hydrogens (tertiary/aromatic N) is 1. The van der Waals surface area contributed by atoms with Crippen molar-refractivity contribution in [3.05, 3.63) is 58.9 Å². The molecule has 0 bridgehead atoms. The molecule has 5 nitrogen and oxygen atoms in total. The molecule has 4 N–H and O–H groups in total. The molecule has 0 spiro atoms. The number of carbonyl (C=O) groups is 1. The molecule has 0 saturated carbocycles. The first-order chi connectivity index (χ1) is 10.0. The van der Waals surface area contributed by atoms with Crippen LogP contribution in [0.2, 0.25) is 0 Å². The van der Waals surface area contributed by atoms with Crippen molar-refractivity contribution in [2.75, 3.05) is 10.7 Å². The molecule has 0 fully saturated rings. The Hall–Kier alpha value is -2.91. The van der Waals surface area contributed by atoms with Gasteiger partial charge in [-0.2, -0.15) is 5.26 Å². The fraction of sp³-hybridized carbons (Fsp3) is 0.0667. The molecule has 21 heavy (non-hydrogen) atoms. The molecular formula is C15H13FN4O. The maximum absolute atomic E-state index is 13.2. The fourth-order valence-electron chi connectivity index (χ4n) is 1.86. The van der Waals surface area contributed by atoms with Crippen molar-refractivity contribution in [3.8, 4) is 6.07 Å². The summed E-state index contributed by atoms with van der Waals surface area (Å²) >= 11 is 0. The Labute approximate surface area is 121 Å². The summed E-state index contributed by atoms with van der Waals surface area (Å²) in [5.41, 5.74) is 4.74. The van der Waals surface area contributed by atoms with Crippen LogP contribution in [-0.2, 0) is 0 Å². The molecule has 0 atom stereocenters. The van der Waals surface area contributed by atoms with E-state index in [0.717, 1.165) is 17.3 Å². The molecule has 0 saturated heterocycles. The average Bonchev–Trinajstić information content (AvgIpc) is 2.49. The summed E-state index contributed by atoms with van der Waals surface area (Å²) in [5.74, 6) is 4.36. The number of benzene rings is 2. The molecule has 2 aromatic carbocycles. The fourth-order valence-corrected chi connectivity index (χ4v) is 1.86. The molecule has 0 aliphatic heterocycles. The number of rotatable bonds is 3. The van der Waals surface area contributed by atoms with Crippen molar-refractivity contribution in [3.63, 3.8) is 0 Å². The minimum atomic E-state index is -0.621. The van der Waals surface area contributed by atoms with Crippen LogP contribution in [0.25, 0.3) is 0 Å². The van der Waals surface area contributed by atoms with E-state index in [-0.39, 0.29) is 11.5 Å². The number of nitrogen functional groups attached to an aromatic ring is 1. The number of hydrazine groups is 1. The Morgan fingerprint density at radius 2 is 2.05 bits per heavy atom. The van der Waals surface area contributed by atoms with E-state index in [9.17, 15) is 9.18 Å². The Morgan fingerprint density at radius 3 is 2.67 bits per heavy atom. The second-order valence-corrected chi connectivity index (χ2v) is 4.43. The molecule has 0 aliphatic rings. The van der Waals surface area contributed by atoms with Gasteiger partial charge in [0.25, 0.3) is 5.91 Å². The highest BCUT2D eigenvalue weighted by atomic mass is 19.1. The third-order valence-electron chi connectivity index (χ3n) is 2.99. The van der Waals surface area contributed by atoms with Crippen LogP contribution >= 0.6 is 0 Å². The van der Waals surface area contributed by atoms with Crippen molar-refractivity contribution in [1.82, 2.24) is 0 Å². The van der Waals surface area contributed by atoms with Gasteiger partial charge in [-0.05, 0) is 48.9 Å². The smallest absolute Gasteiger partial charge is 0.255 e. The molecular weight excluding hydrogens is 271 g/mol. The van der Waals surface area contributed by atoms with Gasteiger partial charge >= 0.3 is 0 Å². The van der Waals surface area contributed by atoms with Gasteiger partial charge in [0, 0.05) is 11.3 Å². The monoisotopic (exact) mass is 284 g/mol. The van der Waals surface area contributed by atoms with E-state index in [1.807, 2.05) is 6.92 Å². The number of hydrogen-bond acceptors (Lipinski definition) is 4. The topological polar surface area (TPSA) is 90.9 Å². The summed E-state index contributed by atoms with van der Waals surface area (Å²) in [7, 11) is 0. The van der Waals surface area contributed by atoms with Gasteiger partial charge < -0.3 is 10.7 Å². The third kappa shape index (κ3) is 3.16. The van der Waals surface area contributed by atoms with Crippen molar-refractivity contribution in [1.29, 1.82) is 5.26 Å². The minimum Gasteiger partial charge on any atom is -0.324 e. The molecule has 6 heteroatoms. The third-order valence-corrected chi connectivity index (χ3v) is 2.99. The first-order valence-corrected chi connectivity index (χ1v) is 6.13. The number of nitrogens with two attached hydrogens (primary N) is 1. The van der Waals surface area contributed by atoms with E-state index in [2.05, 4.69) is 10.7 Å². The first-order valence-electron chi connectivity index (χ1n) is 6.13. The molecule has 0 heterocycles. The van der Waals surface area contributed by atoms with E-state index in [4.69, 9.17) is 11.1 Å². The van der Waals surface area contributed by atoms with E-state index >= 15 is 0 Å². The van der Waals surface area contributed by atoms with Crippen LogP contribution in [-0.4, -0.2) is 5.91 Å². The first kappa shape index (κ1) is 14.5.